The van der Waals surface area contributed by atoms with Crippen LogP contribution >= 0.6 is 15.9 Å². The fourth-order valence-corrected chi connectivity index (χ4v) is 2.84. The summed E-state index contributed by atoms with van der Waals surface area (Å²) in [7, 11) is 0. The van der Waals surface area contributed by atoms with Crippen LogP contribution in [0.2, 0.25) is 0 Å². The second-order valence-corrected chi connectivity index (χ2v) is 5.70. The highest BCUT2D eigenvalue weighted by atomic mass is 79.9. The normalized spacial score (nSPS) is 19.5. The number of halogens is 1. The van der Waals surface area contributed by atoms with Gasteiger partial charge in [-0.25, -0.2) is 0 Å². The number of carbonyl (C=O) groups excluding carboxylic acids is 1. The Hall–Kier alpha value is -1.09. The number of carbonyl (C=O) groups is 1. The van der Waals surface area contributed by atoms with Crippen molar-refractivity contribution in [2.24, 2.45) is 0 Å². The summed E-state index contributed by atoms with van der Waals surface area (Å²) >= 11 is 3.38. The van der Waals surface area contributed by atoms with Crippen LogP contribution < -0.4 is 5.73 Å². The summed E-state index contributed by atoms with van der Waals surface area (Å²) in [6, 6.07) is 5.41. The van der Waals surface area contributed by atoms with Crippen LogP contribution in [0.3, 0.4) is 0 Å². The molecule has 1 aromatic rings. The summed E-state index contributed by atoms with van der Waals surface area (Å²) in [5, 5.41) is 0. The Bertz CT molecular complexity index is 459. The fourth-order valence-electron chi connectivity index (χ4n) is 2.33. The van der Waals surface area contributed by atoms with Crippen LogP contribution in [-0.2, 0) is 0 Å². The lowest BCUT2D eigenvalue weighted by Gasteiger charge is -2.11. The molecule has 18 heavy (non-hydrogen) atoms. The monoisotopic (exact) mass is 307 g/mol. The Kier molecular flexibility index (Phi) is 4.59. The van der Waals surface area contributed by atoms with E-state index >= 15 is 0 Å². The lowest BCUT2D eigenvalue weighted by Crippen LogP contribution is -2.06. The van der Waals surface area contributed by atoms with Gasteiger partial charge in [-0.1, -0.05) is 34.8 Å². The predicted molar refractivity (Wildman–Crippen MR) is 78.7 cm³/mol. The molecule has 0 aliphatic heterocycles. The average Bonchev–Trinajstić information content (AvgIpc) is 2.26. The number of Topliss-reactive ketones (excluding diaryl/α,β-unsaturated/α-hetero) is 1. The number of nitrogen functional groups attached to an aromatic ring is 1. The number of hydrogen-bond acceptors (Lipinski definition) is 2. The van der Waals surface area contributed by atoms with E-state index in [1.165, 1.54) is 19.3 Å². The molecule has 2 N–H and O–H groups in total. The molecule has 0 saturated heterocycles. The van der Waals surface area contributed by atoms with Gasteiger partial charge in [0.1, 0.15) is 0 Å². The molecule has 0 unspecified atom stereocenters. The van der Waals surface area contributed by atoms with Crippen molar-refractivity contribution in [3.05, 3.63) is 39.9 Å². The molecule has 0 radical (unpaired) electrons. The zero-order valence-electron chi connectivity index (χ0n) is 10.4. The molecule has 1 aromatic carbocycles. The van der Waals surface area contributed by atoms with Crippen LogP contribution in [0.4, 0.5) is 5.69 Å². The van der Waals surface area contributed by atoms with E-state index in [1.807, 2.05) is 12.1 Å². The van der Waals surface area contributed by atoms with Gasteiger partial charge >= 0.3 is 0 Å². The summed E-state index contributed by atoms with van der Waals surface area (Å²) in [6.07, 6.45) is 8.83. The highest BCUT2D eigenvalue weighted by Gasteiger charge is 2.14. The molecule has 0 atom stereocenters. The molecule has 2 rings (SSSR count). The number of ketones is 1. The summed E-state index contributed by atoms with van der Waals surface area (Å²) in [5.74, 6) is 0.130. The number of nitrogens with two attached hydrogens (primary N) is 1. The largest absolute Gasteiger partial charge is 0.399 e. The lowest BCUT2D eigenvalue weighted by molar-refractivity contribution is 0.102. The van der Waals surface area contributed by atoms with Crippen LogP contribution in [0, 0.1) is 0 Å². The molecule has 0 bridgehead atoms. The van der Waals surface area contributed by atoms with Gasteiger partial charge < -0.3 is 5.73 Å². The number of rotatable bonds is 2. The third-order valence-corrected chi connectivity index (χ3v) is 3.72. The lowest BCUT2D eigenvalue weighted by atomic mass is 9.94. The van der Waals surface area contributed by atoms with Crippen LogP contribution in [0.15, 0.2) is 34.3 Å². The van der Waals surface area contributed by atoms with E-state index in [9.17, 15) is 4.79 Å². The SMILES string of the molecule is Nc1cc(Br)cc(C(=O)/C2=C/CCCCCC2)c1. The highest BCUT2D eigenvalue weighted by Crippen LogP contribution is 2.24. The Labute approximate surface area is 116 Å². The molecule has 0 spiro atoms. The van der Waals surface area contributed by atoms with E-state index in [0.29, 0.717) is 11.3 Å². The minimum Gasteiger partial charge on any atom is -0.399 e. The van der Waals surface area contributed by atoms with Gasteiger partial charge in [0.2, 0.25) is 0 Å². The zero-order valence-corrected chi connectivity index (χ0v) is 12.0. The minimum atomic E-state index is 0.130. The van der Waals surface area contributed by atoms with Crippen molar-refractivity contribution in [1.82, 2.24) is 0 Å². The fraction of sp³-hybridized carbons (Fsp3) is 0.400. The van der Waals surface area contributed by atoms with Crippen molar-refractivity contribution in [2.45, 2.75) is 38.5 Å². The molecule has 1 aliphatic carbocycles. The van der Waals surface area contributed by atoms with Gasteiger partial charge in [-0.15, -0.1) is 0 Å². The van der Waals surface area contributed by atoms with Gasteiger partial charge in [0.05, 0.1) is 0 Å². The molecule has 96 valence electrons. The van der Waals surface area contributed by atoms with Crippen molar-refractivity contribution in [2.75, 3.05) is 5.73 Å². The first-order valence-corrected chi connectivity index (χ1v) is 7.26. The van der Waals surface area contributed by atoms with Crippen molar-refractivity contribution >= 4 is 27.4 Å². The maximum absolute atomic E-state index is 12.4. The van der Waals surface area contributed by atoms with Crippen LogP contribution in [0.1, 0.15) is 48.9 Å². The van der Waals surface area contributed by atoms with E-state index in [1.54, 1.807) is 6.07 Å². The first-order valence-electron chi connectivity index (χ1n) is 6.46. The first-order chi connectivity index (χ1) is 8.66. The Morgan fingerprint density at radius 3 is 2.67 bits per heavy atom. The molecule has 0 saturated carbocycles. The topological polar surface area (TPSA) is 43.1 Å². The van der Waals surface area contributed by atoms with Crippen molar-refractivity contribution in [1.29, 1.82) is 0 Å². The number of hydrogen-bond donors (Lipinski definition) is 1. The summed E-state index contributed by atoms with van der Waals surface area (Å²) < 4.78 is 0.859. The van der Waals surface area contributed by atoms with E-state index in [4.69, 9.17) is 5.73 Å². The van der Waals surface area contributed by atoms with Gasteiger partial charge in [-0.05, 0) is 49.5 Å². The molecule has 0 amide bonds. The Morgan fingerprint density at radius 2 is 1.89 bits per heavy atom. The van der Waals surface area contributed by atoms with Gasteiger partial charge in [0.25, 0.3) is 0 Å². The third kappa shape index (κ3) is 3.45. The van der Waals surface area contributed by atoms with Crippen molar-refractivity contribution < 1.29 is 4.79 Å². The quantitative estimate of drug-likeness (QED) is 0.646. The average molecular weight is 308 g/mol. The van der Waals surface area contributed by atoms with Gasteiger partial charge in [0.15, 0.2) is 5.78 Å². The summed E-state index contributed by atoms with van der Waals surface area (Å²) in [6.45, 7) is 0. The van der Waals surface area contributed by atoms with Crippen LogP contribution in [0.5, 0.6) is 0 Å². The second-order valence-electron chi connectivity index (χ2n) is 4.78. The van der Waals surface area contributed by atoms with E-state index in [-0.39, 0.29) is 5.78 Å². The Morgan fingerprint density at radius 1 is 1.11 bits per heavy atom. The molecule has 0 fully saturated rings. The highest BCUT2D eigenvalue weighted by molar-refractivity contribution is 9.10. The smallest absolute Gasteiger partial charge is 0.188 e. The molecular formula is C15H18BrNO. The Balaban J connectivity index is 2.23. The number of benzene rings is 1. The first kappa shape index (κ1) is 13.3. The van der Waals surface area contributed by atoms with E-state index in [0.717, 1.165) is 29.3 Å². The van der Waals surface area contributed by atoms with Crippen LogP contribution in [0.25, 0.3) is 0 Å². The maximum atomic E-state index is 12.4. The second kappa shape index (κ2) is 6.19. The third-order valence-electron chi connectivity index (χ3n) is 3.26. The molecular weight excluding hydrogens is 290 g/mol. The number of anilines is 1. The molecule has 0 aromatic heterocycles. The standard InChI is InChI=1S/C15H18BrNO/c16-13-8-12(9-14(17)10-13)15(18)11-6-4-2-1-3-5-7-11/h6,8-10H,1-5,7,17H2/b11-6+. The number of allylic oxidation sites excluding steroid dienone is 2. The molecule has 1 aliphatic rings. The van der Waals surface area contributed by atoms with Crippen molar-refractivity contribution in [3.8, 4) is 0 Å². The minimum absolute atomic E-state index is 0.130. The van der Waals surface area contributed by atoms with Crippen molar-refractivity contribution in [3.63, 3.8) is 0 Å². The molecule has 0 heterocycles. The van der Waals surface area contributed by atoms with E-state index < -0.39 is 0 Å². The van der Waals surface area contributed by atoms with Gasteiger partial charge in [-0.2, -0.15) is 0 Å². The van der Waals surface area contributed by atoms with Gasteiger partial charge in [-0.3, -0.25) is 4.79 Å². The molecule has 2 nitrogen and oxygen atoms in total. The van der Waals surface area contributed by atoms with Crippen LogP contribution in [-0.4, -0.2) is 5.78 Å². The zero-order chi connectivity index (χ0) is 13.0. The van der Waals surface area contributed by atoms with Gasteiger partial charge in [0, 0.05) is 15.7 Å². The molecule has 3 heteroatoms. The predicted octanol–water partition coefficient (Wildman–Crippen LogP) is 4.49. The maximum Gasteiger partial charge on any atom is 0.188 e. The summed E-state index contributed by atoms with van der Waals surface area (Å²) in [5.41, 5.74) is 8.04. The summed E-state index contributed by atoms with van der Waals surface area (Å²) in [4.78, 5) is 12.4. The van der Waals surface area contributed by atoms with E-state index in [2.05, 4.69) is 22.0 Å².